The topological polar surface area (TPSA) is 45.3 Å². The van der Waals surface area contributed by atoms with Gasteiger partial charge < -0.3 is 14.6 Å². The highest BCUT2D eigenvalue weighted by Crippen LogP contribution is 2.35. The number of carbonyl (C=O) groups excluding carboxylic acids is 1. The Bertz CT molecular complexity index is 1130. The van der Waals surface area contributed by atoms with E-state index in [1.54, 1.807) is 16.2 Å². The number of nitrogens with zero attached hydrogens (tertiary/aromatic N) is 1. The third-order valence-corrected chi connectivity index (χ3v) is 6.34. The summed E-state index contributed by atoms with van der Waals surface area (Å²) in [4.78, 5) is 19.3. The number of hydrogen-bond donors (Lipinski definition) is 1. The van der Waals surface area contributed by atoms with E-state index in [4.69, 9.17) is 4.74 Å². The van der Waals surface area contributed by atoms with E-state index in [1.807, 2.05) is 68.9 Å². The fourth-order valence-electron chi connectivity index (χ4n) is 3.59. The summed E-state index contributed by atoms with van der Waals surface area (Å²) in [7, 11) is 1.85. The van der Waals surface area contributed by atoms with Crippen LogP contribution in [0.3, 0.4) is 0 Å². The number of amides is 1. The number of likely N-dealkylation sites (N-methyl/N-ethyl adjacent to an activating group) is 1. The summed E-state index contributed by atoms with van der Waals surface area (Å²) < 4.78 is 5.88. The summed E-state index contributed by atoms with van der Waals surface area (Å²) in [5.41, 5.74) is 4.37. The number of aryl methyl sites for hydroxylation is 1. The minimum atomic E-state index is -0.166. The normalized spacial score (nSPS) is 12.1. The van der Waals surface area contributed by atoms with Gasteiger partial charge in [-0.25, -0.2) is 0 Å². The maximum atomic E-state index is 13.1. The lowest BCUT2D eigenvalue weighted by Gasteiger charge is -2.27. The Morgan fingerprint density at radius 1 is 1.10 bits per heavy atom. The van der Waals surface area contributed by atoms with Crippen molar-refractivity contribution in [1.82, 2.24) is 9.88 Å². The van der Waals surface area contributed by atoms with Gasteiger partial charge in [0.05, 0.1) is 6.04 Å². The van der Waals surface area contributed by atoms with Crippen molar-refractivity contribution >= 4 is 28.1 Å². The minimum absolute atomic E-state index is 0.00498. The van der Waals surface area contributed by atoms with Crippen molar-refractivity contribution in [1.29, 1.82) is 0 Å². The van der Waals surface area contributed by atoms with Gasteiger partial charge in [0.15, 0.2) is 6.61 Å². The van der Waals surface area contributed by atoms with Gasteiger partial charge >= 0.3 is 0 Å². The zero-order valence-corrected chi connectivity index (χ0v) is 17.6. The van der Waals surface area contributed by atoms with E-state index in [0.29, 0.717) is 0 Å². The zero-order chi connectivity index (χ0) is 20.4. The van der Waals surface area contributed by atoms with Crippen LogP contribution in [0.15, 0.2) is 66.2 Å². The molecule has 2 aromatic carbocycles. The third-order valence-electron chi connectivity index (χ3n) is 5.42. The summed E-state index contributed by atoms with van der Waals surface area (Å²) in [6.45, 7) is 4.06. The van der Waals surface area contributed by atoms with Gasteiger partial charge in [0.25, 0.3) is 5.91 Å². The molecule has 0 unspecified atom stereocenters. The van der Waals surface area contributed by atoms with E-state index in [0.717, 1.165) is 38.2 Å². The second-order valence-corrected chi connectivity index (χ2v) is 8.18. The van der Waals surface area contributed by atoms with E-state index < -0.39 is 0 Å². The smallest absolute Gasteiger partial charge is 0.261 e. The molecule has 148 valence electrons. The van der Waals surface area contributed by atoms with Crippen LogP contribution in [0.2, 0.25) is 0 Å². The first-order valence-corrected chi connectivity index (χ1v) is 10.5. The Labute approximate surface area is 174 Å². The molecule has 0 aliphatic carbocycles. The number of para-hydroxylation sites is 1. The fourth-order valence-corrected chi connectivity index (χ4v) is 4.47. The van der Waals surface area contributed by atoms with E-state index in [-0.39, 0.29) is 18.6 Å². The van der Waals surface area contributed by atoms with Crippen molar-refractivity contribution < 1.29 is 9.53 Å². The molecular weight excluding hydrogens is 380 g/mol. The quantitative estimate of drug-likeness (QED) is 0.463. The molecule has 4 aromatic rings. The number of rotatable bonds is 6. The Balaban J connectivity index is 1.61. The molecule has 4 nitrogen and oxygen atoms in total. The zero-order valence-electron chi connectivity index (χ0n) is 16.8. The van der Waals surface area contributed by atoms with Crippen molar-refractivity contribution in [2.75, 3.05) is 13.7 Å². The van der Waals surface area contributed by atoms with Gasteiger partial charge in [-0.3, -0.25) is 4.79 Å². The SMILES string of the molecule is Cc1cccc(OCC(=O)N(C)[C@H](c2cccs2)c2c[nH]c3ccccc23)c1C. The highest BCUT2D eigenvalue weighted by molar-refractivity contribution is 7.10. The maximum absolute atomic E-state index is 13.1. The van der Waals surface area contributed by atoms with Gasteiger partial charge in [-0.15, -0.1) is 11.3 Å². The van der Waals surface area contributed by atoms with E-state index in [1.165, 1.54) is 0 Å². The molecule has 0 bridgehead atoms. The van der Waals surface area contributed by atoms with E-state index in [2.05, 4.69) is 23.2 Å². The molecule has 0 radical (unpaired) electrons. The molecule has 0 saturated heterocycles. The maximum Gasteiger partial charge on any atom is 0.261 e. The number of carbonyl (C=O) groups is 1. The first-order chi connectivity index (χ1) is 14.1. The summed E-state index contributed by atoms with van der Waals surface area (Å²) >= 11 is 1.65. The average Bonchev–Trinajstić information content (AvgIpc) is 3.40. The molecule has 0 spiro atoms. The lowest BCUT2D eigenvalue weighted by Crippen LogP contribution is -2.35. The summed E-state index contributed by atoms with van der Waals surface area (Å²) in [5.74, 6) is 0.695. The van der Waals surface area contributed by atoms with Crippen LogP contribution in [-0.4, -0.2) is 29.4 Å². The Morgan fingerprint density at radius 3 is 2.72 bits per heavy atom. The van der Waals surface area contributed by atoms with Crippen molar-refractivity contribution in [2.45, 2.75) is 19.9 Å². The van der Waals surface area contributed by atoms with Gasteiger partial charge in [0.2, 0.25) is 0 Å². The van der Waals surface area contributed by atoms with Crippen LogP contribution in [0, 0.1) is 13.8 Å². The number of hydrogen-bond acceptors (Lipinski definition) is 3. The van der Waals surface area contributed by atoms with Crippen LogP contribution in [0.1, 0.15) is 27.6 Å². The second-order valence-electron chi connectivity index (χ2n) is 7.20. The predicted molar refractivity (Wildman–Crippen MR) is 119 cm³/mol. The lowest BCUT2D eigenvalue weighted by atomic mass is 10.0. The summed E-state index contributed by atoms with van der Waals surface area (Å²) in [5, 5.41) is 3.17. The highest BCUT2D eigenvalue weighted by Gasteiger charge is 2.27. The van der Waals surface area contributed by atoms with Gasteiger partial charge in [-0.2, -0.15) is 0 Å². The molecule has 1 amide bonds. The van der Waals surface area contributed by atoms with Gasteiger partial charge in [0, 0.05) is 34.6 Å². The lowest BCUT2D eigenvalue weighted by molar-refractivity contribution is -0.133. The third kappa shape index (κ3) is 3.78. The predicted octanol–water partition coefficient (Wildman–Crippen LogP) is 5.47. The molecule has 5 heteroatoms. The van der Waals surface area contributed by atoms with Crippen LogP contribution in [0.5, 0.6) is 5.75 Å². The molecule has 1 atom stereocenters. The monoisotopic (exact) mass is 404 g/mol. The van der Waals surface area contributed by atoms with Crippen LogP contribution in [0.4, 0.5) is 0 Å². The standard InChI is InChI=1S/C24H24N2O2S/c1-16-8-6-11-21(17(16)2)28-15-23(27)26(3)24(22-12-7-13-29-22)19-14-25-20-10-5-4-9-18(19)20/h4-14,24-25H,15H2,1-3H3/t24-/m0/s1. The Kier molecular flexibility index (Phi) is 5.41. The second kappa shape index (κ2) is 8.13. The largest absolute Gasteiger partial charge is 0.483 e. The van der Waals surface area contributed by atoms with Gasteiger partial charge in [-0.05, 0) is 48.6 Å². The van der Waals surface area contributed by atoms with E-state index >= 15 is 0 Å². The number of aromatic amines is 1. The first-order valence-electron chi connectivity index (χ1n) is 9.60. The number of aromatic nitrogens is 1. The number of fused-ring (bicyclic) bond motifs is 1. The van der Waals surface area contributed by atoms with Crippen LogP contribution in [-0.2, 0) is 4.79 Å². The fraction of sp³-hybridized carbons (Fsp3) is 0.208. The average molecular weight is 405 g/mol. The van der Waals surface area contributed by atoms with Crippen molar-refractivity contribution in [3.8, 4) is 5.75 Å². The molecule has 4 rings (SSSR count). The molecular formula is C24H24N2O2S. The number of H-pyrrole nitrogens is 1. The van der Waals surface area contributed by atoms with Gasteiger partial charge in [0.1, 0.15) is 5.75 Å². The number of benzene rings is 2. The molecule has 2 aromatic heterocycles. The van der Waals surface area contributed by atoms with Gasteiger partial charge in [-0.1, -0.05) is 36.4 Å². The first kappa shape index (κ1) is 19.3. The number of nitrogens with one attached hydrogen (secondary N) is 1. The Hall–Kier alpha value is -3.05. The molecule has 0 aliphatic heterocycles. The molecule has 2 heterocycles. The number of thiophene rings is 1. The molecule has 0 fully saturated rings. The summed E-state index contributed by atoms with van der Waals surface area (Å²) in [6, 6.07) is 18.0. The summed E-state index contributed by atoms with van der Waals surface area (Å²) in [6.07, 6.45) is 2.00. The van der Waals surface area contributed by atoms with Crippen LogP contribution >= 0.6 is 11.3 Å². The van der Waals surface area contributed by atoms with Crippen molar-refractivity contribution in [3.05, 3.63) is 87.7 Å². The van der Waals surface area contributed by atoms with Crippen molar-refractivity contribution in [3.63, 3.8) is 0 Å². The number of ether oxygens (including phenoxy) is 1. The van der Waals surface area contributed by atoms with E-state index in [9.17, 15) is 4.79 Å². The highest BCUT2D eigenvalue weighted by atomic mass is 32.1. The van der Waals surface area contributed by atoms with Crippen LogP contribution < -0.4 is 4.74 Å². The molecule has 0 saturated carbocycles. The van der Waals surface area contributed by atoms with Crippen molar-refractivity contribution in [2.24, 2.45) is 0 Å². The molecule has 29 heavy (non-hydrogen) atoms. The minimum Gasteiger partial charge on any atom is -0.483 e. The molecule has 1 N–H and O–H groups in total. The van der Waals surface area contributed by atoms with Crippen LogP contribution in [0.25, 0.3) is 10.9 Å². The molecule has 0 aliphatic rings. The Morgan fingerprint density at radius 2 is 1.93 bits per heavy atom.